The smallest absolute Gasteiger partial charge is 0.337 e. The van der Waals surface area contributed by atoms with Gasteiger partial charge in [-0.15, -0.1) is 0 Å². The second-order valence-corrected chi connectivity index (χ2v) is 10.1. The second-order valence-electron chi connectivity index (χ2n) is 10.1. The lowest BCUT2D eigenvalue weighted by Crippen LogP contribution is -2.43. The Morgan fingerprint density at radius 3 is 2.50 bits per heavy atom. The van der Waals surface area contributed by atoms with Crippen LogP contribution < -0.4 is 0 Å². The molecule has 0 radical (unpaired) electrons. The number of aliphatic hydroxyl groups excluding tert-OH is 2. The number of esters is 2. The van der Waals surface area contributed by atoms with E-state index in [1.807, 2.05) is 0 Å². The fraction of sp³-hybridized carbons (Fsp3) is 0.818. The molecule has 1 heterocycles. The molecule has 1 aliphatic heterocycles. The Labute approximate surface area is 166 Å². The predicted molar refractivity (Wildman–Crippen MR) is 101 cm³/mol. The maximum absolute atomic E-state index is 12.7. The molecule has 4 rings (SSSR count). The van der Waals surface area contributed by atoms with Gasteiger partial charge in [0.25, 0.3) is 0 Å². The Balaban J connectivity index is 1.90. The molecule has 0 spiro atoms. The summed E-state index contributed by atoms with van der Waals surface area (Å²) >= 11 is 0. The predicted octanol–water partition coefficient (Wildman–Crippen LogP) is 2.36. The number of aliphatic hydroxyl groups is 2. The van der Waals surface area contributed by atoms with Crippen LogP contribution in [-0.4, -0.2) is 46.6 Å². The number of carbonyl (C=O) groups is 2. The Morgan fingerprint density at radius 2 is 1.89 bits per heavy atom. The first kappa shape index (κ1) is 19.9. The Kier molecular flexibility index (Phi) is 4.47. The minimum Gasteiger partial charge on any atom is -0.459 e. The summed E-state index contributed by atoms with van der Waals surface area (Å²) in [6.45, 7) is 9.83. The lowest BCUT2D eigenvalue weighted by molar-refractivity contribution is -0.160. The van der Waals surface area contributed by atoms with E-state index in [9.17, 15) is 19.8 Å². The van der Waals surface area contributed by atoms with Gasteiger partial charge in [-0.3, -0.25) is 4.79 Å². The second kappa shape index (κ2) is 6.30. The van der Waals surface area contributed by atoms with Crippen LogP contribution in [0.3, 0.4) is 0 Å². The lowest BCUT2D eigenvalue weighted by Gasteiger charge is -2.39. The van der Waals surface area contributed by atoms with Crippen molar-refractivity contribution in [3.63, 3.8) is 0 Å². The molecule has 0 aromatic rings. The highest BCUT2D eigenvalue weighted by atomic mass is 16.6. The third-order valence-corrected chi connectivity index (χ3v) is 8.12. The summed E-state index contributed by atoms with van der Waals surface area (Å²) in [5.74, 6) is -1.09. The monoisotopic (exact) mass is 392 g/mol. The van der Waals surface area contributed by atoms with Crippen molar-refractivity contribution in [2.24, 2.45) is 28.6 Å². The Bertz CT molecular complexity index is 741. The largest absolute Gasteiger partial charge is 0.459 e. The van der Waals surface area contributed by atoms with E-state index in [2.05, 4.69) is 27.7 Å². The SMILES string of the molecule is CC(=O)O[C@@H]1[C@H](O)[C@H](C(C)C)[C@@]2(C)CC[C@]3(C)CC[C@H](O)C4=C3[C@H](OC4=O)[C@@H]12. The van der Waals surface area contributed by atoms with Gasteiger partial charge in [-0.25, -0.2) is 4.79 Å². The van der Waals surface area contributed by atoms with Crippen LogP contribution in [0.4, 0.5) is 0 Å². The molecule has 6 nitrogen and oxygen atoms in total. The van der Waals surface area contributed by atoms with E-state index >= 15 is 0 Å². The Morgan fingerprint density at radius 1 is 1.21 bits per heavy atom. The van der Waals surface area contributed by atoms with Crippen molar-refractivity contribution >= 4 is 11.9 Å². The van der Waals surface area contributed by atoms with Crippen LogP contribution in [0.1, 0.15) is 60.3 Å². The molecule has 0 aromatic heterocycles. The van der Waals surface area contributed by atoms with Crippen molar-refractivity contribution in [2.75, 3.05) is 0 Å². The maximum atomic E-state index is 12.7. The van der Waals surface area contributed by atoms with Crippen LogP contribution in [-0.2, 0) is 19.1 Å². The first-order chi connectivity index (χ1) is 13.0. The van der Waals surface area contributed by atoms with Crippen molar-refractivity contribution in [1.29, 1.82) is 0 Å². The van der Waals surface area contributed by atoms with Crippen molar-refractivity contribution in [3.05, 3.63) is 11.1 Å². The van der Waals surface area contributed by atoms with Gasteiger partial charge in [-0.1, -0.05) is 27.7 Å². The van der Waals surface area contributed by atoms with Crippen LogP contribution in [0.25, 0.3) is 0 Å². The molecule has 4 aliphatic rings. The maximum Gasteiger partial charge on any atom is 0.337 e. The van der Waals surface area contributed by atoms with Gasteiger partial charge in [0.15, 0.2) is 0 Å². The van der Waals surface area contributed by atoms with Crippen LogP contribution in [0.2, 0.25) is 0 Å². The van der Waals surface area contributed by atoms with E-state index in [0.717, 1.165) is 24.8 Å². The summed E-state index contributed by atoms with van der Waals surface area (Å²) in [6, 6.07) is 0. The summed E-state index contributed by atoms with van der Waals surface area (Å²) in [5.41, 5.74) is 0.740. The molecule has 0 bridgehead atoms. The molecule has 3 aliphatic carbocycles. The number of fused-ring (bicyclic) bond motifs is 2. The molecule has 156 valence electrons. The number of hydrogen-bond donors (Lipinski definition) is 2. The van der Waals surface area contributed by atoms with E-state index in [1.54, 1.807) is 0 Å². The number of ether oxygens (including phenoxy) is 2. The molecule has 0 amide bonds. The molecular formula is C22H32O6. The molecule has 2 saturated carbocycles. The van der Waals surface area contributed by atoms with Crippen molar-refractivity contribution in [3.8, 4) is 0 Å². The van der Waals surface area contributed by atoms with E-state index in [1.165, 1.54) is 6.92 Å². The summed E-state index contributed by atoms with van der Waals surface area (Å²) in [5, 5.41) is 21.7. The zero-order chi connectivity index (χ0) is 20.6. The lowest BCUT2D eigenvalue weighted by atomic mass is 9.65. The van der Waals surface area contributed by atoms with Gasteiger partial charge in [0.1, 0.15) is 12.2 Å². The van der Waals surface area contributed by atoms with E-state index in [-0.39, 0.29) is 28.6 Å². The van der Waals surface area contributed by atoms with Gasteiger partial charge in [0.2, 0.25) is 0 Å². The van der Waals surface area contributed by atoms with E-state index < -0.39 is 36.4 Å². The number of rotatable bonds is 2. The highest BCUT2D eigenvalue weighted by Crippen LogP contribution is 2.64. The molecule has 0 aromatic carbocycles. The normalized spacial score (nSPS) is 47.5. The minimum absolute atomic E-state index is 0.0705. The fourth-order valence-electron chi connectivity index (χ4n) is 7.02. The molecule has 0 saturated heterocycles. The summed E-state index contributed by atoms with van der Waals surface area (Å²) in [7, 11) is 0. The van der Waals surface area contributed by atoms with Gasteiger partial charge in [0.05, 0.1) is 17.8 Å². The summed E-state index contributed by atoms with van der Waals surface area (Å²) < 4.78 is 11.5. The van der Waals surface area contributed by atoms with Crippen molar-refractivity contribution < 1.29 is 29.3 Å². The molecule has 2 N–H and O–H groups in total. The average molecular weight is 392 g/mol. The quantitative estimate of drug-likeness (QED) is 0.701. The highest BCUT2D eigenvalue weighted by Gasteiger charge is 2.67. The zero-order valence-electron chi connectivity index (χ0n) is 17.4. The van der Waals surface area contributed by atoms with Crippen LogP contribution >= 0.6 is 0 Å². The van der Waals surface area contributed by atoms with E-state index in [0.29, 0.717) is 12.0 Å². The van der Waals surface area contributed by atoms with Crippen LogP contribution in [0.15, 0.2) is 11.1 Å². The summed E-state index contributed by atoms with van der Waals surface area (Å²) in [4.78, 5) is 24.6. The van der Waals surface area contributed by atoms with Gasteiger partial charge in [-0.2, -0.15) is 0 Å². The third-order valence-electron chi connectivity index (χ3n) is 8.12. The molecule has 6 heteroatoms. The van der Waals surface area contributed by atoms with Crippen LogP contribution in [0, 0.1) is 28.6 Å². The Hall–Kier alpha value is -1.40. The standard InChI is InChI=1S/C22H32O6/c1-10(2)14-17(25)19(27-11(3)23)16-18-15-13(20(26)28-18)12(24)6-7-21(15,4)8-9-22(14,16)5/h10,12,14,16-19,24-25H,6-9H2,1-5H3/t12-,14-,16-,17+,18-,19-,21-,22+/m0/s1. The van der Waals surface area contributed by atoms with Gasteiger partial charge >= 0.3 is 11.9 Å². The fourth-order valence-corrected chi connectivity index (χ4v) is 7.02. The number of carbonyl (C=O) groups excluding carboxylic acids is 2. The molecular weight excluding hydrogens is 360 g/mol. The average Bonchev–Trinajstić information content (AvgIpc) is 3.00. The van der Waals surface area contributed by atoms with Gasteiger partial charge < -0.3 is 19.7 Å². The molecule has 2 fully saturated rings. The molecule has 0 unspecified atom stereocenters. The van der Waals surface area contributed by atoms with Gasteiger partial charge in [0, 0.05) is 12.8 Å². The topological polar surface area (TPSA) is 93.1 Å². The molecule has 8 atom stereocenters. The first-order valence-electron chi connectivity index (χ1n) is 10.5. The summed E-state index contributed by atoms with van der Waals surface area (Å²) in [6.07, 6.45) is 0.190. The first-order valence-corrected chi connectivity index (χ1v) is 10.5. The minimum atomic E-state index is -0.805. The number of hydrogen-bond acceptors (Lipinski definition) is 6. The van der Waals surface area contributed by atoms with E-state index in [4.69, 9.17) is 9.47 Å². The zero-order valence-corrected chi connectivity index (χ0v) is 17.4. The highest BCUT2D eigenvalue weighted by molar-refractivity contribution is 5.94. The van der Waals surface area contributed by atoms with Crippen molar-refractivity contribution in [1.82, 2.24) is 0 Å². The molecule has 28 heavy (non-hydrogen) atoms. The third kappa shape index (κ3) is 2.53. The van der Waals surface area contributed by atoms with Gasteiger partial charge in [-0.05, 0) is 53.9 Å². The van der Waals surface area contributed by atoms with Crippen LogP contribution in [0.5, 0.6) is 0 Å². The van der Waals surface area contributed by atoms with Crippen molar-refractivity contribution in [2.45, 2.75) is 84.7 Å².